The van der Waals surface area contributed by atoms with Gasteiger partial charge < -0.3 is 9.73 Å². The minimum absolute atomic E-state index is 0.202. The molecule has 1 fully saturated rings. The summed E-state index contributed by atoms with van der Waals surface area (Å²) < 4.78 is 6.21. The number of hydrogen-bond acceptors (Lipinski definition) is 5. The average molecular weight is 363 g/mol. The Morgan fingerprint density at radius 3 is 2.62 bits per heavy atom. The Morgan fingerprint density at radius 2 is 2.04 bits per heavy atom. The van der Waals surface area contributed by atoms with Gasteiger partial charge >= 0.3 is 0 Å². The summed E-state index contributed by atoms with van der Waals surface area (Å²) in [6.07, 6.45) is 1.67. The molecule has 126 valence electrons. The molecule has 5 nitrogen and oxygen atoms in total. The van der Waals surface area contributed by atoms with Crippen LogP contribution in [0.15, 0.2) is 39.7 Å². The van der Waals surface area contributed by atoms with E-state index in [0.717, 1.165) is 22.3 Å². The van der Waals surface area contributed by atoms with Crippen LogP contribution in [0.3, 0.4) is 0 Å². The molecule has 24 heavy (non-hydrogen) atoms. The smallest absolute Gasteiger partial charge is 0.263 e. The second-order valence-electron chi connectivity index (χ2n) is 4.75. The maximum Gasteiger partial charge on any atom is 0.263 e. The zero-order valence-corrected chi connectivity index (χ0v) is 15.3. The van der Waals surface area contributed by atoms with Gasteiger partial charge in [0.1, 0.15) is 15.8 Å². The summed E-state index contributed by atoms with van der Waals surface area (Å²) in [5.41, 5.74) is 3.71. The summed E-state index contributed by atoms with van der Waals surface area (Å²) in [7, 11) is 0. The summed E-state index contributed by atoms with van der Waals surface area (Å²) in [6.45, 7) is 5.91. The van der Waals surface area contributed by atoms with Gasteiger partial charge in [-0.15, -0.1) is 0 Å². The van der Waals surface area contributed by atoms with Gasteiger partial charge in [0.25, 0.3) is 5.91 Å². The number of amides is 1. The van der Waals surface area contributed by atoms with Gasteiger partial charge in [0.05, 0.1) is 4.91 Å². The molecule has 4 N–H and O–H groups in total. The molecular weight excluding hydrogens is 344 g/mol. The van der Waals surface area contributed by atoms with Crippen molar-refractivity contribution in [3.8, 4) is 11.3 Å². The number of thiocarbonyl (C=S) groups is 1. The van der Waals surface area contributed by atoms with Gasteiger partial charge in [-0.25, -0.2) is 5.21 Å². The van der Waals surface area contributed by atoms with E-state index in [1.54, 1.807) is 12.1 Å². The van der Waals surface area contributed by atoms with Gasteiger partial charge in [0.2, 0.25) is 0 Å². The fourth-order valence-corrected chi connectivity index (χ4v) is 3.13. The van der Waals surface area contributed by atoms with Crippen molar-refractivity contribution < 1.29 is 19.9 Å². The minimum Gasteiger partial charge on any atom is -0.457 e. The third-order valence-corrected chi connectivity index (χ3v) is 4.40. The molecule has 1 aromatic carbocycles. The minimum atomic E-state index is -0.202. The number of nitrogens with one attached hydrogen (secondary N) is 1. The molecule has 0 unspecified atom stereocenters. The fraction of sp³-hybridized carbons (Fsp3) is 0.176. The van der Waals surface area contributed by atoms with Crippen molar-refractivity contribution in [2.24, 2.45) is 0 Å². The molecule has 1 amide bonds. The van der Waals surface area contributed by atoms with Crippen LogP contribution in [0.5, 0.6) is 0 Å². The molecule has 0 bridgehead atoms. The molecule has 7 heteroatoms. The summed E-state index contributed by atoms with van der Waals surface area (Å²) in [4.78, 5) is 12.1. The highest BCUT2D eigenvalue weighted by Gasteiger charge is 2.22. The normalized spacial score (nSPS) is 15.2. The fourth-order valence-electron chi connectivity index (χ4n) is 2.11. The lowest BCUT2D eigenvalue weighted by atomic mass is 10.1. The Labute approximate surface area is 150 Å². The quantitative estimate of drug-likeness (QED) is 0.337. The van der Waals surface area contributed by atoms with Gasteiger partial charge in [0, 0.05) is 23.3 Å². The number of nitrogens with two attached hydrogens (primary N) is 1. The molecule has 1 aliphatic heterocycles. The largest absolute Gasteiger partial charge is 0.457 e. The molecule has 0 atom stereocenters. The number of quaternary nitrogens is 1. The van der Waals surface area contributed by atoms with Gasteiger partial charge in [-0.3, -0.25) is 4.79 Å². The van der Waals surface area contributed by atoms with E-state index in [9.17, 15) is 4.79 Å². The number of carbonyl (C=O) groups excluding carboxylic acids is 1. The monoisotopic (exact) mass is 363 g/mol. The van der Waals surface area contributed by atoms with Crippen molar-refractivity contribution in [2.45, 2.75) is 20.8 Å². The maximum absolute atomic E-state index is 11.6. The summed E-state index contributed by atoms with van der Waals surface area (Å²) in [5.74, 6) is 1.09. The molecule has 0 saturated carbocycles. The topological polar surface area (TPSA) is 79.1 Å². The van der Waals surface area contributed by atoms with Crippen LogP contribution in [0.4, 0.5) is 5.69 Å². The van der Waals surface area contributed by atoms with Gasteiger partial charge in [-0.05, 0) is 31.2 Å². The van der Waals surface area contributed by atoms with Gasteiger partial charge in [-0.1, -0.05) is 37.8 Å². The highest BCUT2D eigenvalue weighted by Crippen LogP contribution is 2.29. The first-order valence-electron chi connectivity index (χ1n) is 7.50. The van der Waals surface area contributed by atoms with E-state index >= 15 is 0 Å². The third kappa shape index (κ3) is 4.12. The van der Waals surface area contributed by atoms with Crippen LogP contribution in [-0.2, 0) is 4.79 Å². The highest BCUT2D eigenvalue weighted by molar-refractivity contribution is 8.26. The van der Waals surface area contributed by atoms with E-state index < -0.39 is 0 Å². The Bertz CT molecular complexity index is 797. The van der Waals surface area contributed by atoms with Crippen LogP contribution in [0.2, 0.25) is 0 Å². The Hall–Kier alpha value is -1.93. The lowest BCUT2D eigenvalue weighted by Gasteiger charge is -2.01. The Morgan fingerprint density at radius 1 is 1.29 bits per heavy atom. The standard InChI is InChI=1S/C15H12N2O3S2.C2H6/c1-8-6-9(2-4-11(8)17-19)12-5-3-10(20-12)7-13-14(18)16-15(21)22-13;1-2/h2-7,17,19H,1H3,(H,16,18,21);1-2H3/p+1/b13-7-;. The summed E-state index contributed by atoms with van der Waals surface area (Å²) in [6, 6.07) is 9.28. The molecule has 2 aromatic rings. The molecule has 1 aliphatic rings. The Balaban J connectivity index is 0.00000100. The number of furan rings is 1. The molecule has 0 radical (unpaired) electrons. The highest BCUT2D eigenvalue weighted by atomic mass is 32.2. The SMILES string of the molecule is CC.Cc1cc(-c2ccc(/C=C3\SC(=S)NC3=O)o2)ccc1[NH2+]O. The first-order valence-corrected chi connectivity index (χ1v) is 8.72. The number of carbonyl (C=O) groups is 1. The lowest BCUT2D eigenvalue weighted by Crippen LogP contribution is -2.74. The Kier molecular flexibility index (Phi) is 6.33. The van der Waals surface area contributed by atoms with Crippen LogP contribution in [0.1, 0.15) is 25.2 Å². The zero-order valence-electron chi connectivity index (χ0n) is 13.6. The van der Waals surface area contributed by atoms with E-state index in [0.29, 0.717) is 20.7 Å². The molecule has 3 rings (SSSR count). The van der Waals surface area contributed by atoms with E-state index in [2.05, 4.69) is 5.32 Å². The van der Waals surface area contributed by atoms with Crippen LogP contribution in [0, 0.1) is 6.92 Å². The number of aryl methyl sites for hydroxylation is 1. The van der Waals surface area contributed by atoms with E-state index in [1.165, 1.54) is 11.8 Å². The second-order valence-corrected chi connectivity index (χ2v) is 6.47. The van der Waals surface area contributed by atoms with Crippen molar-refractivity contribution in [1.82, 2.24) is 5.32 Å². The van der Waals surface area contributed by atoms with E-state index in [-0.39, 0.29) is 5.91 Å². The van der Waals surface area contributed by atoms with Crippen molar-refractivity contribution in [3.05, 3.63) is 46.6 Å². The third-order valence-electron chi connectivity index (χ3n) is 3.24. The predicted molar refractivity (Wildman–Crippen MR) is 99.9 cm³/mol. The number of benzene rings is 1. The van der Waals surface area contributed by atoms with Gasteiger partial charge in [0.15, 0.2) is 5.69 Å². The molecule has 1 aromatic heterocycles. The molecule has 0 aliphatic carbocycles. The first kappa shape index (κ1) is 18.4. The van der Waals surface area contributed by atoms with Gasteiger partial charge in [-0.2, -0.15) is 5.48 Å². The van der Waals surface area contributed by atoms with Crippen molar-refractivity contribution in [1.29, 1.82) is 0 Å². The number of hydrogen-bond donors (Lipinski definition) is 3. The molecular formula is C17H19N2O3S2+. The molecule has 0 spiro atoms. The van der Waals surface area contributed by atoms with Crippen molar-refractivity contribution >= 4 is 46.0 Å². The summed E-state index contributed by atoms with van der Waals surface area (Å²) >= 11 is 6.17. The molecule has 1 saturated heterocycles. The van der Waals surface area contributed by atoms with Crippen LogP contribution < -0.4 is 10.8 Å². The second kappa shape index (κ2) is 8.25. The zero-order chi connectivity index (χ0) is 17.7. The van der Waals surface area contributed by atoms with Crippen LogP contribution in [0.25, 0.3) is 17.4 Å². The summed E-state index contributed by atoms with van der Waals surface area (Å²) in [5, 5.41) is 11.6. The average Bonchev–Trinajstić information content (AvgIpc) is 3.16. The first-order chi connectivity index (χ1) is 11.6. The van der Waals surface area contributed by atoms with E-state index in [4.69, 9.17) is 21.8 Å². The van der Waals surface area contributed by atoms with E-state index in [1.807, 2.05) is 45.0 Å². The predicted octanol–water partition coefficient (Wildman–Crippen LogP) is 3.35. The lowest BCUT2D eigenvalue weighted by molar-refractivity contribution is -0.826. The van der Waals surface area contributed by atoms with Crippen LogP contribution >= 0.6 is 24.0 Å². The van der Waals surface area contributed by atoms with Crippen molar-refractivity contribution in [3.63, 3.8) is 0 Å². The van der Waals surface area contributed by atoms with Crippen LogP contribution in [-0.4, -0.2) is 15.4 Å². The number of rotatable bonds is 3. The maximum atomic E-state index is 11.6. The number of thioether (sulfide) groups is 1. The van der Waals surface area contributed by atoms with Crippen molar-refractivity contribution in [2.75, 3.05) is 0 Å². The molecule has 2 heterocycles.